The Kier molecular flexibility index (Phi) is 5.01. The normalized spacial score (nSPS) is 14.3. The molecule has 1 aliphatic rings. The first-order valence-corrected chi connectivity index (χ1v) is 9.69. The van der Waals surface area contributed by atoms with Crippen molar-refractivity contribution in [1.82, 2.24) is 30.1 Å². The fraction of sp³-hybridized carbons (Fsp3) is 0.333. The van der Waals surface area contributed by atoms with Crippen LogP contribution in [0.15, 0.2) is 40.8 Å². The molecule has 3 aromatic rings. The first-order valence-electron chi connectivity index (χ1n) is 8.81. The molecule has 0 unspecified atom stereocenters. The number of thiophene rings is 1. The van der Waals surface area contributed by atoms with E-state index in [1.165, 1.54) is 10.4 Å². The lowest BCUT2D eigenvalue weighted by Crippen LogP contribution is -2.45. The number of carbonyl (C=O) groups excluding carboxylic acids is 1. The molecule has 0 atom stereocenters. The Labute approximate surface area is 160 Å². The highest BCUT2D eigenvalue weighted by atomic mass is 32.1. The van der Waals surface area contributed by atoms with Crippen LogP contribution in [-0.4, -0.2) is 51.5 Å². The number of aliphatic imine (C=N–C) groups is 1. The van der Waals surface area contributed by atoms with E-state index in [0.29, 0.717) is 19.0 Å². The van der Waals surface area contributed by atoms with E-state index in [4.69, 9.17) is 0 Å². The predicted molar refractivity (Wildman–Crippen MR) is 105 cm³/mol. The van der Waals surface area contributed by atoms with Crippen LogP contribution in [-0.2, 0) is 24.3 Å². The minimum absolute atomic E-state index is 0.0720. The van der Waals surface area contributed by atoms with E-state index in [9.17, 15) is 4.79 Å². The molecule has 0 radical (unpaired) electrons. The van der Waals surface area contributed by atoms with Crippen LogP contribution in [0.3, 0.4) is 0 Å². The summed E-state index contributed by atoms with van der Waals surface area (Å²) >= 11 is 1.77. The van der Waals surface area contributed by atoms with Gasteiger partial charge in [0, 0.05) is 31.2 Å². The molecule has 4 heterocycles. The number of guanidine groups is 1. The zero-order valence-corrected chi connectivity index (χ0v) is 15.9. The number of nitrogens with one attached hydrogen (secondary N) is 2. The molecule has 9 heteroatoms. The van der Waals surface area contributed by atoms with Gasteiger partial charge in [-0.15, -0.1) is 21.5 Å². The van der Waals surface area contributed by atoms with Crippen LogP contribution < -0.4 is 10.6 Å². The highest BCUT2D eigenvalue weighted by molar-refractivity contribution is 7.10. The number of rotatable bonds is 4. The van der Waals surface area contributed by atoms with Crippen molar-refractivity contribution in [2.75, 3.05) is 20.1 Å². The Balaban J connectivity index is 1.30. The smallest absolute Gasteiger partial charge is 0.242 e. The monoisotopic (exact) mass is 383 g/mol. The van der Waals surface area contributed by atoms with Gasteiger partial charge in [-0.2, -0.15) is 0 Å². The van der Waals surface area contributed by atoms with E-state index >= 15 is 0 Å². The van der Waals surface area contributed by atoms with E-state index in [1.54, 1.807) is 18.4 Å². The number of fused-ring (bicyclic) bond motifs is 2. The molecule has 3 aromatic heterocycles. The number of hydrogen-bond acceptors (Lipinski definition) is 5. The van der Waals surface area contributed by atoms with Gasteiger partial charge in [0.2, 0.25) is 5.91 Å². The summed E-state index contributed by atoms with van der Waals surface area (Å²) in [5.74, 6) is 1.41. The number of hydrogen-bond donors (Lipinski definition) is 2. The molecule has 27 heavy (non-hydrogen) atoms. The van der Waals surface area contributed by atoms with Crippen molar-refractivity contribution in [2.24, 2.45) is 4.99 Å². The average molecular weight is 383 g/mol. The first kappa shape index (κ1) is 17.5. The molecule has 0 bridgehead atoms. The van der Waals surface area contributed by atoms with Crippen molar-refractivity contribution >= 4 is 28.9 Å². The number of pyridine rings is 1. The molecule has 0 saturated heterocycles. The van der Waals surface area contributed by atoms with Crippen LogP contribution in [0.2, 0.25) is 0 Å². The topological polar surface area (TPSA) is 86.9 Å². The Hall–Kier alpha value is -2.94. The largest absolute Gasteiger partial charge is 0.349 e. The van der Waals surface area contributed by atoms with Crippen molar-refractivity contribution in [3.8, 4) is 0 Å². The Morgan fingerprint density at radius 2 is 2.22 bits per heavy atom. The highest BCUT2D eigenvalue weighted by Crippen LogP contribution is 2.23. The maximum absolute atomic E-state index is 12.5. The van der Waals surface area contributed by atoms with Gasteiger partial charge in [-0.05, 0) is 35.6 Å². The van der Waals surface area contributed by atoms with Gasteiger partial charge in [0.1, 0.15) is 0 Å². The van der Waals surface area contributed by atoms with Crippen molar-refractivity contribution in [3.05, 3.63) is 52.1 Å². The fourth-order valence-electron chi connectivity index (χ4n) is 3.13. The minimum atomic E-state index is 0.0720. The van der Waals surface area contributed by atoms with Gasteiger partial charge >= 0.3 is 0 Å². The Morgan fingerprint density at radius 3 is 3.11 bits per heavy atom. The summed E-state index contributed by atoms with van der Waals surface area (Å²) in [5, 5.41) is 16.7. The van der Waals surface area contributed by atoms with Crippen LogP contribution in [0.5, 0.6) is 0 Å². The summed E-state index contributed by atoms with van der Waals surface area (Å²) in [6, 6.07) is 7.87. The van der Waals surface area contributed by atoms with Gasteiger partial charge in [0.15, 0.2) is 17.4 Å². The molecule has 2 N–H and O–H groups in total. The molecule has 0 spiro atoms. The summed E-state index contributed by atoms with van der Waals surface area (Å²) < 4.78 is 1.91. The van der Waals surface area contributed by atoms with E-state index in [1.807, 2.05) is 33.7 Å². The van der Waals surface area contributed by atoms with E-state index in [2.05, 4.69) is 37.3 Å². The Morgan fingerprint density at radius 1 is 1.30 bits per heavy atom. The summed E-state index contributed by atoms with van der Waals surface area (Å²) in [7, 11) is 1.68. The third kappa shape index (κ3) is 3.77. The number of carbonyl (C=O) groups is 1. The number of amides is 1. The van der Waals surface area contributed by atoms with Gasteiger partial charge < -0.3 is 15.5 Å². The van der Waals surface area contributed by atoms with Crippen LogP contribution in [0, 0.1) is 0 Å². The summed E-state index contributed by atoms with van der Waals surface area (Å²) in [5.41, 5.74) is 2.06. The standard InChI is InChI=1S/C18H21N7OS/c1-19-18(20-10-16-23-22-15-4-2-3-7-25(15)16)21-11-17(26)24-8-5-14-13(12-24)6-9-27-14/h2-4,6-7,9H,5,8,10-12H2,1H3,(H2,19,20,21). The van der Waals surface area contributed by atoms with Crippen molar-refractivity contribution in [3.63, 3.8) is 0 Å². The van der Waals surface area contributed by atoms with Crippen LogP contribution in [0.25, 0.3) is 5.65 Å². The lowest BCUT2D eigenvalue weighted by molar-refractivity contribution is -0.130. The van der Waals surface area contributed by atoms with Crippen LogP contribution >= 0.6 is 11.3 Å². The molecule has 0 aliphatic carbocycles. The zero-order chi connectivity index (χ0) is 18.6. The maximum Gasteiger partial charge on any atom is 0.242 e. The van der Waals surface area contributed by atoms with Crippen molar-refractivity contribution in [2.45, 2.75) is 19.5 Å². The molecule has 1 aliphatic heterocycles. The van der Waals surface area contributed by atoms with Crippen molar-refractivity contribution < 1.29 is 4.79 Å². The molecule has 1 amide bonds. The van der Waals surface area contributed by atoms with Gasteiger partial charge in [-0.25, -0.2) is 0 Å². The van der Waals surface area contributed by atoms with E-state index in [-0.39, 0.29) is 12.5 Å². The second-order valence-corrected chi connectivity index (χ2v) is 7.26. The second kappa shape index (κ2) is 7.75. The van der Waals surface area contributed by atoms with Gasteiger partial charge in [0.25, 0.3) is 0 Å². The quantitative estimate of drug-likeness (QED) is 0.519. The number of nitrogens with zero attached hydrogens (tertiary/aromatic N) is 5. The van der Waals surface area contributed by atoms with E-state index < -0.39 is 0 Å². The molecule has 140 valence electrons. The summed E-state index contributed by atoms with van der Waals surface area (Å²) in [6.07, 6.45) is 2.85. The maximum atomic E-state index is 12.5. The van der Waals surface area contributed by atoms with Crippen molar-refractivity contribution in [1.29, 1.82) is 0 Å². The van der Waals surface area contributed by atoms with Gasteiger partial charge in [-0.1, -0.05) is 6.07 Å². The van der Waals surface area contributed by atoms with Gasteiger partial charge in [-0.3, -0.25) is 14.2 Å². The summed E-state index contributed by atoms with van der Waals surface area (Å²) in [6.45, 7) is 2.13. The summed E-state index contributed by atoms with van der Waals surface area (Å²) in [4.78, 5) is 20.0. The van der Waals surface area contributed by atoms with Crippen LogP contribution in [0.1, 0.15) is 16.3 Å². The molecular formula is C18H21N7OS. The van der Waals surface area contributed by atoms with Crippen LogP contribution in [0.4, 0.5) is 0 Å². The lowest BCUT2D eigenvalue weighted by Gasteiger charge is -2.27. The zero-order valence-electron chi connectivity index (χ0n) is 15.1. The average Bonchev–Trinajstić information content (AvgIpc) is 3.34. The molecule has 0 fully saturated rings. The fourth-order valence-corrected chi connectivity index (χ4v) is 4.02. The minimum Gasteiger partial charge on any atom is -0.349 e. The molecule has 4 rings (SSSR count). The molecule has 0 aromatic carbocycles. The molecule has 0 saturated carbocycles. The highest BCUT2D eigenvalue weighted by Gasteiger charge is 2.21. The molecule has 8 nitrogen and oxygen atoms in total. The third-order valence-corrected chi connectivity index (χ3v) is 5.61. The lowest BCUT2D eigenvalue weighted by atomic mass is 10.1. The number of aromatic nitrogens is 3. The van der Waals surface area contributed by atoms with Gasteiger partial charge in [0.05, 0.1) is 13.1 Å². The Bertz CT molecular complexity index is 977. The third-order valence-electron chi connectivity index (χ3n) is 4.59. The second-order valence-electron chi connectivity index (χ2n) is 6.26. The SMILES string of the molecule is CN=C(NCC(=O)N1CCc2sccc2C1)NCc1nnc2ccccn12. The molecular weight excluding hydrogens is 362 g/mol. The first-order chi connectivity index (χ1) is 13.2. The van der Waals surface area contributed by atoms with E-state index in [0.717, 1.165) is 24.4 Å². The predicted octanol–water partition coefficient (Wildman–Crippen LogP) is 1.04.